The fraction of sp³-hybridized carbons (Fsp3) is 0.308. The van der Waals surface area contributed by atoms with Crippen LogP contribution in [0.25, 0.3) is 11.0 Å². The summed E-state index contributed by atoms with van der Waals surface area (Å²) < 4.78 is 15.0. The summed E-state index contributed by atoms with van der Waals surface area (Å²) in [6.45, 7) is 4.30. The van der Waals surface area contributed by atoms with Gasteiger partial charge in [0.25, 0.3) is 11.5 Å². The largest absolute Gasteiger partial charge is 0.340 e. The SMILES string of the molecule is CC(C)Cn1c(=O)[nH]c(=O)c2c(C(=O)NC(c3ccc(F)cc3)c3cccs3)cc(C3CC3)nc21. The minimum Gasteiger partial charge on any atom is -0.340 e. The Morgan fingerprint density at radius 1 is 1.23 bits per heavy atom. The van der Waals surface area contributed by atoms with Crippen molar-refractivity contribution in [2.24, 2.45) is 5.92 Å². The molecule has 1 amide bonds. The summed E-state index contributed by atoms with van der Waals surface area (Å²) in [5.41, 5.74) is 0.661. The summed E-state index contributed by atoms with van der Waals surface area (Å²) in [5.74, 6) is -0.485. The fourth-order valence-corrected chi connectivity index (χ4v) is 5.04. The van der Waals surface area contributed by atoms with E-state index in [9.17, 15) is 18.8 Å². The topological polar surface area (TPSA) is 96.9 Å². The maximum Gasteiger partial charge on any atom is 0.330 e. The molecule has 1 aliphatic carbocycles. The van der Waals surface area contributed by atoms with Crippen LogP contribution in [0.3, 0.4) is 0 Å². The number of halogens is 1. The minimum absolute atomic E-state index is 0.0937. The lowest BCUT2D eigenvalue weighted by molar-refractivity contribution is 0.0945. The highest BCUT2D eigenvalue weighted by Crippen LogP contribution is 2.40. The lowest BCUT2D eigenvalue weighted by Crippen LogP contribution is -2.35. The normalized spacial score (nSPS) is 14.4. The number of amides is 1. The van der Waals surface area contributed by atoms with Gasteiger partial charge in [0.05, 0.1) is 17.0 Å². The molecule has 3 aromatic heterocycles. The van der Waals surface area contributed by atoms with Gasteiger partial charge in [0.1, 0.15) is 5.82 Å². The van der Waals surface area contributed by atoms with Crippen molar-refractivity contribution in [3.63, 3.8) is 0 Å². The van der Waals surface area contributed by atoms with Gasteiger partial charge in [0, 0.05) is 23.0 Å². The van der Waals surface area contributed by atoms with Crippen LogP contribution in [0.2, 0.25) is 0 Å². The number of nitrogens with zero attached hydrogens (tertiary/aromatic N) is 2. The zero-order valence-electron chi connectivity index (χ0n) is 19.4. The van der Waals surface area contributed by atoms with Crippen molar-refractivity contribution >= 4 is 28.3 Å². The van der Waals surface area contributed by atoms with Crippen LogP contribution < -0.4 is 16.6 Å². The number of nitrogens with one attached hydrogen (secondary N) is 2. The number of hydrogen-bond acceptors (Lipinski definition) is 5. The highest BCUT2D eigenvalue weighted by molar-refractivity contribution is 7.10. The summed E-state index contributed by atoms with van der Waals surface area (Å²) in [5, 5.41) is 5.03. The van der Waals surface area contributed by atoms with Crippen molar-refractivity contribution in [3.8, 4) is 0 Å². The van der Waals surface area contributed by atoms with E-state index in [0.717, 1.165) is 17.7 Å². The molecule has 9 heteroatoms. The van der Waals surface area contributed by atoms with Gasteiger partial charge in [0.2, 0.25) is 0 Å². The first-order valence-corrected chi connectivity index (χ1v) is 12.5. The van der Waals surface area contributed by atoms with Gasteiger partial charge in [-0.2, -0.15) is 0 Å². The van der Waals surface area contributed by atoms with Crippen molar-refractivity contribution in [2.75, 3.05) is 0 Å². The van der Waals surface area contributed by atoms with Crippen LogP contribution in [0.5, 0.6) is 0 Å². The van der Waals surface area contributed by atoms with Gasteiger partial charge in [0.15, 0.2) is 5.65 Å². The molecule has 7 nitrogen and oxygen atoms in total. The molecule has 3 heterocycles. The van der Waals surface area contributed by atoms with Gasteiger partial charge in [-0.1, -0.05) is 32.0 Å². The number of aromatic amines is 1. The number of thiophene rings is 1. The Kier molecular flexibility index (Phi) is 6.10. The summed E-state index contributed by atoms with van der Waals surface area (Å²) in [6, 6.07) is 10.9. The molecule has 5 rings (SSSR count). The van der Waals surface area contributed by atoms with Crippen molar-refractivity contribution in [1.29, 1.82) is 0 Å². The van der Waals surface area contributed by atoms with E-state index in [-0.39, 0.29) is 34.2 Å². The standard InChI is InChI=1S/C26H25FN4O3S/c1-14(2)13-31-23-21(25(33)30-26(31)34)18(12-19(28-23)15-5-6-15)24(32)29-22(20-4-3-11-35-20)16-7-9-17(27)10-8-16/h3-4,7-12,14-15,22H,5-6,13H2,1-2H3,(H,29,32)(H,30,33,34). The zero-order valence-corrected chi connectivity index (χ0v) is 20.2. The van der Waals surface area contributed by atoms with E-state index in [1.807, 2.05) is 31.4 Å². The second kappa shape index (κ2) is 9.22. The van der Waals surface area contributed by atoms with Gasteiger partial charge in [-0.05, 0) is 54.0 Å². The Labute approximate surface area is 204 Å². The number of carbonyl (C=O) groups excluding carboxylic acids is 1. The second-order valence-electron chi connectivity index (χ2n) is 9.30. The third-order valence-electron chi connectivity index (χ3n) is 6.06. The predicted octanol–water partition coefficient (Wildman–Crippen LogP) is 4.34. The maximum absolute atomic E-state index is 13.7. The molecule has 180 valence electrons. The maximum atomic E-state index is 13.7. The molecule has 0 saturated heterocycles. The highest BCUT2D eigenvalue weighted by atomic mass is 32.1. The number of hydrogen-bond donors (Lipinski definition) is 2. The first kappa shape index (κ1) is 23.2. The van der Waals surface area contributed by atoms with Gasteiger partial charge < -0.3 is 5.32 Å². The molecule has 2 N–H and O–H groups in total. The van der Waals surface area contributed by atoms with Gasteiger partial charge in [-0.3, -0.25) is 19.1 Å². The zero-order chi connectivity index (χ0) is 24.7. The first-order valence-electron chi connectivity index (χ1n) is 11.6. The predicted molar refractivity (Wildman–Crippen MR) is 133 cm³/mol. The van der Waals surface area contributed by atoms with Crippen molar-refractivity contribution < 1.29 is 9.18 Å². The lowest BCUT2D eigenvalue weighted by Gasteiger charge is -2.20. The molecule has 0 bridgehead atoms. The van der Waals surface area contributed by atoms with Crippen LogP contribution in [0.1, 0.15) is 65.1 Å². The molecule has 1 aromatic carbocycles. The Balaban J connectivity index is 1.65. The number of fused-ring (bicyclic) bond motifs is 1. The Morgan fingerprint density at radius 2 is 1.97 bits per heavy atom. The van der Waals surface area contributed by atoms with E-state index >= 15 is 0 Å². The number of aromatic nitrogens is 3. The monoisotopic (exact) mass is 492 g/mol. The van der Waals surface area contributed by atoms with Crippen LogP contribution in [-0.2, 0) is 6.54 Å². The number of carbonyl (C=O) groups is 1. The molecule has 1 saturated carbocycles. The third kappa shape index (κ3) is 4.68. The quantitative estimate of drug-likeness (QED) is 0.401. The van der Waals surface area contributed by atoms with Gasteiger partial charge >= 0.3 is 5.69 Å². The van der Waals surface area contributed by atoms with Crippen molar-refractivity contribution in [3.05, 3.63) is 96.2 Å². The van der Waals surface area contributed by atoms with E-state index in [1.165, 1.54) is 28.0 Å². The summed E-state index contributed by atoms with van der Waals surface area (Å²) in [6.07, 6.45) is 1.90. The number of pyridine rings is 1. The highest BCUT2D eigenvalue weighted by Gasteiger charge is 2.30. The summed E-state index contributed by atoms with van der Waals surface area (Å²) in [4.78, 5) is 47.2. The average molecular weight is 493 g/mol. The van der Waals surface area contributed by atoms with Crippen LogP contribution >= 0.6 is 11.3 Å². The van der Waals surface area contributed by atoms with Crippen LogP contribution in [0, 0.1) is 11.7 Å². The van der Waals surface area contributed by atoms with E-state index in [2.05, 4.69) is 15.3 Å². The minimum atomic E-state index is -0.639. The summed E-state index contributed by atoms with van der Waals surface area (Å²) >= 11 is 1.47. The molecule has 0 aliphatic heterocycles. The number of benzene rings is 1. The molecule has 0 spiro atoms. The molecular weight excluding hydrogens is 467 g/mol. The number of rotatable bonds is 7. The van der Waals surface area contributed by atoms with Gasteiger partial charge in [-0.15, -0.1) is 11.3 Å². The van der Waals surface area contributed by atoms with Crippen LogP contribution in [0.15, 0.2) is 57.4 Å². The molecule has 1 unspecified atom stereocenters. The second-order valence-corrected chi connectivity index (χ2v) is 10.3. The lowest BCUT2D eigenvalue weighted by atomic mass is 10.0. The molecule has 1 aliphatic rings. The van der Waals surface area contributed by atoms with Crippen LogP contribution in [-0.4, -0.2) is 20.4 Å². The Bertz CT molecular complexity index is 1500. The first-order chi connectivity index (χ1) is 16.8. The molecular formula is C26H25FN4O3S. The van der Waals surface area contributed by atoms with Crippen molar-refractivity contribution in [2.45, 2.75) is 45.2 Å². The molecule has 1 fully saturated rings. The van der Waals surface area contributed by atoms with E-state index < -0.39 is 23.2 Å². The molecule has 4 aromatic rings. The van der Waals surface area contributed by atoms with E-state index in [1.54, 1.807) is 18.2 Å². The fourth-order valence-electron chi connectivity index (χ4n) is 4.23. The summed E-state index contributed by atoms with van der Waals surface area (Å²) in [7, 11) is 0. The van der Waals surface area contributed by atoms with Crippen molar-refractivity contribution in [1.82, 2.24) is 19.9 Å². The van der Waals surface area contributed by atoms with E-state index in [0.29, 0.717) is 17.8 Å². The smallest absolute Gasteiger partial charge is 0.330 e. The number of H-pyrrole nitrogens is 1. The Morgan fingerprint density at radius 3 is 2.60 bits per heavy atom. The molecule has 35 heavy (non-hydrogen) atoms. The molecule has 1 atom stereocenters. The molecule has 0 radical (unpaired) electrons. The van der Waals surface area contributed by atoms with Gasteiger partial charge in [-0.25, -0.2) is 14.2 Å². The Hall–Kier alpha value is -3.59. The van der Waals surface area contributed by atoms with E-state index in [4.69, 9.17) is 0 Å². The van der Waals surface area contributed by atoms with Crippen LogP contribution in [0.4, 0.5) is 4.39 Å². The average Bonchev–Trinajstić information content (AvgIpc) is 3.54. The third-order valence-corrected chi connectivity index (χ3v) is 7.00.